The van der Waals surface area contributed by atoms with Crippen LogP contribution in [0.25, 0.3) is 11.0 Å². The predicted molar refractivity (Wildman–Crippen MR) is 99.6 cm³/mol. The standard InChI is InChI=1S/C20H17F2N5O2/c1-11-12-4-2-3-5-15(12)29-18(11)17-16-13(23-10-24-16)7-9-26(17)19(28)14-6-8-25-27(14)20(21)22/h2-6,8,10,17,20H,7,9H2,1H3,(H,23,24)/t17-/m1/s1. The molecule has 0 saturated heterocycles. The summed E-state index contributed by atoms with van der Waals surface area (Å²) in [5.74, 6) is 0.0389. The molecule has 7 nitrogen and oxygen atoms in total. The lowest BCUT2D eigenvalue weighted by Gasteiger charge is -2.34. The fourth-order valence-corrected chi connectivity index (χ4v) is 4.00. The zero-order valence-electron chi connectivity index (χ0n) is 15.5. The first-order chi connectivity index (χ1) is 14.1. The lowest BCUT2D eigenvalue weighted by molar-refractivity contribution is 0.0436. The van der Waals surface area contributed by atoms with Crippen LogP contribution in [-0.4, -0.2) is 37.1 Å². The second kappa shape index (κ2) is 6.54. The number of hydrogen-bond donors (Lipinski definition) is 1. The van der Waals surface area contributed by atoms with Crippen LogP contribution in [0.4, 0.5) is 8.78 Å². The van der Waals surface area contributed by atoms with Gasteiger partial charge in [-0.2, -0.15) is 18.6 Å². The number of furan rings is 1. The van der Waals surface area contributed by atoms with E-state index >= 15 is 0 Å². The smallest absolute Gasteiger partial charge is 0.333 e. The van der Waals surface area contributed by atoms with Crippen molar-refractivity contribution in [2.75, 3.05) is 6.54 Å². The van der Waals surface area contributed by atoms with E-state index in [0.29, 0.717) is 34.7 Å². The average molecular weight is 397 g/mol. The summed E-state index contributed by atoms with van der Waals surface area (Å²) in [6.45, 7) is -0.640. The highest BCUT2D eigenvalue weighted by Crippen LogP contribution is 2.39. The number of imidazole rings is 1. The van der Waals surface area contributed by atoms with Crippen LogP contribution in [0.2, 0.25) is 0 Å². The number of H-pyrrole nitrogens is 1. The molecule has 0 radical (unpaired) electrons. The molecular weight excluding hydrogens is 380 g/mol. The van der Waals surface area contributed by atoms with Crippen LogP contribution in [0.5, 0.6) is 0 Å². The Labute approximate surface area is 163 Å². The second-order valence-electron chi connectivity index (χ2n) is 6.94. The zero-order chi connectivity index (χ0) is 20.1. The first-order valence-corrected chi connectivity index (χ1v) is 9.19. The number of carbonyl (C=O) groups excluding carboxylic acids is 1. The number of benzene rings is 1. The summed E-state index contributed by atoms with van der Waals surface area (Å²) in [6.07, 6.45) is 3.32. The molecule has 4 heterocycles. The fraction of sp³-hybridized carbons (Fsp3) is 0.250. The number of fused-ring (bicyclic) bond motifs is 2. The van der Waals surface area contributed by atoms with Gasteiger partial charge in [0.25, 0.3) is 5.91 Å². The number of aromatic amines is 1. The molecule has 0 unspecified atom stereocenters. The number of carbonyl (C=O) groups is 1. The normalized spacial score (nSPS) is 16.6. The first-order valence-electron chi connectivity index (χ1n) is 9.19. The molecule has 0 saturated carbocycles. The molecule has 0 fully saturated rings. The van der Waals surface area contributed by atoms with Gasteiger partial charge in [0.15, 0.2) is 0 Å². The number of alkyl halides is 2. The van der Waals surface area contributed by atoms with E-state index in [4.69, 9.17) is 4.42 Å². The van der Waals surface area contributed by atoms with Crippen LogP contribution in [-0.2, 0) is 6.42 Å². The maximum atomic E-state index is 13.3. The Hall–Kier alpha value is -3.49. The van der Waals surface area contributed by atoms with Crippen LogP contribution in [0, 0.1) is 6.92 Å². The molecule has 148 valence electrons. The number of hydrogen-bond acceptors (Lipinski definition) is 4. The van der Waals surface area contributed by atoms with Crippen molar-refractivity contribution in [2.24, 2.45) is 0 Å². The summed E-state index contributed by atoms with van der Waals surface area (Å²) in [7, 11) is 0. The Morgan fingerprint density at radius 1 is 1.31 bits per heavy atom. The van der Waals surface area contributed by atoms with Crippen molar-refractivity contribution < 1.29 is 18.0 Å². The minimum Gasteiger partial charge on any atom is -0.458 e. The molecule has 1 aromatic carbocycles. The molecule has 3 aromatic heterocycles. The van der Waals surface area contributed by atoms with E-state index in [9.17, 15) is 13.6 Å². The quantitative estimate of drug-likeness (QED) is 0.570. The molecule has 0 bridgehead atoms. The van der Waals surface area contributed by atoms with E-state index in [1.54, 1.807) is 6.33 Å². The molecule has 5 rings (SSSR count). The van der Waals surface area contributed by atoms with E-state index in [1.165, 1.54) is 17.2 Å². The van der Waals surface area contributed by atoms with E-state index in [1.807, 2.05) is 31.2 Å². The topological polar surface area (TPSA) is 80.0 Å². The van der Waals surface area contributed by atoms with Gasteiger partial charge in [-0.15, -0.1) is 0 Å². The number of amides is 1. The minimum absolute atomic E-state index is 0.169. The third kappa shape index (κ3) is 2.65. The van der Waals surface area contributed by atoms with Gasteiger partial charge in [-0.25, -0.2) is 4.98 Å². The largest absolute Gasteiger partial charge is 0.458 e. The van der Waals surface area contributed by atoms with E-state index < -0.39 is 18.5 Å². The minimum atomic E-state index is -2.90. The van der Waals surface area contributed by atoms with Gasteiger partial charge in [0.1, 0.15) is 23.1 Å². The number of para-hydroxylation sites is 1. The molecule has 0 spiro atoms. The van der Waals surface area contributed by atoms with Crippen molar-refractivity contribution in [2.45, 2.75) is 25.9 Å². The summed E-state index contributed by atoms with van der Waals surface area (Å²) in [4.78, 5) is 22.3. The van der Waals surface area contributed by atoms with Gasteiger partial charge >= 0.3 is 6.55 Å². The average Bonchev–Trinajstić information content (AvgIpc) is 3.45. The van der Waals surface area contributed by atoms with Crippen molar-refractivity contribution in [1.82, 2.24) is 24.6 Å². The molecule has 4 aromatic rings. The Balaban J connectivity index is 1.66. The first kappa shape index (κ1) is 17.6. The van der Waals surface area contributed by atoms with Crippen LogP contribution in [0.15, 0.2) is 47.3 Å². The maximum Gasteiger partial charge on any atom is 0.333 e. The molecular formula is C20H17F2N5O2. The SMILES string of the molecule is Cc1c([C@H]2c3nc[nH]c3CCN2C(=O)c2ccnn2C(F)F)oc2ccccc12. The van der Waals surface area contributed by atoms with Gasteiger partial charge in [0.05, 0.1) is 12.0 Å². The number of halogens is 2. The van der Waals surface area contributed by atoms with Crippen LogP contribution in [0.1, 0.15) is 45.8 Å². The van der Waals surface area contributed by atoms with Gasteiger partial charge < -0.3 is 14.3 Å². The Morgan fingerprint density at radius 2 is 2.14 bits per heavy atom. The van der Waals surface area contributed by atoms with Gasteiger partial charge in [0, 0.05) is 35.8 Å². The number of aryl methyl sites for hydroxylation is 1. The van der Waals surface area contributed by atoms with Gasteiger partial charge in [-0.05, 0) is 19.1 Å². The summed E-state index contributed by atoms with van der Waals surface area (Å²) in [5, 5.41) is 4.53. The van der Waals surface area contributed by atoms with Gasteiger partial charge in [0.2, 0.25) is 0 Å². The van der Waals surface area contributed by atoms with Crippen molar-refractivity contribution in [3.63, 3.8) is 0 Å². The van der Waals surface area contributed by atoms with Crippen LogP contribution in [0.3, 0.4) is 0 Å². The third-order valence-corrected chi connectivity index (χ3v) is 5.39. The van der Waals surface area contributed by atoms with Crippen LogP contribution < -0.4 is 0 Å². The molecule has 1 atom stereocenters. The summed E-state index contributed by atoms with van der Waals surface area (Å²) >= 11 is 0. The highest BCUT2D eigenvalue weighted by atomic mass is 19.3. The number of nitrogens with one attached hydrogen (secondary N) is 1. The monoisotopic (exact) mass is 397 g/mol. The number of aromatic nitrogens is 4. The lowest BCUT2D eigenvalue weighted by Crippen LogP contribution is -2.41. The Kier molecular flexibility index (Phi) is 3.97. The summed E-state index contributed by atoms with van der Waals surface area (Å²) in [6, 6.07) is 8.28. The highest BCUT2D eigenvalue weighted by Gasteiger charge is 2.39. The maximum absolute atomic E-state index is 13.3. The van der Waals surface area contributed by atoms with Crippen molar-refractivity contribution >= 4 is 16.9 Å². The Morgan fingerprint density at radius 3 is 2.93 bits per heavy atom. The number of nitrogens with zero attached hydrogens (tertiary/aromatic N) is 4. The van der Waals surface area contributed by atoms with Gasteiger partial charge in [-0.1, -0.05) is 18.2 Å². The second-order valence-corrected chi connectivity index (χ2v) is 6.94. The molecule has 1 aliphatic heterocycles. The van der Waals surface area contributed by atoms with Gasteiger partial charge in [-0.3, -0.25) is 4.79 Å². The molecule has 29 heavy (non-hydrogen) atoms. The number of rotatable bonds is 3. The molecule has 1 N–H and O–H groups in total. The molecule has 1 aliphatic rings. The molecule has 1 amide bonds. The Bertz CT molecular complexity index is 1210. The van der Waals surface area contributed by atoms with Crippen molar-refractivity contribution in [1.29, 1.82) is 0 Å². The van der Waals surface area contributed by atoms with E-state index in [0.717, 1.165) is 16.6 Å². The van der Waals surface area contributed by atoms with Crippen molar-refractivity contribution in [3.8, 4) is 0 Å². The summed E-state index contributed by atoms with van der Waals surface area (Å²) < 4.78 is 33.1. The fourth-order valence-electron chi connectivity index (χ4n) is 4.00. The summed E-state index contributed by atoms with van der Waals surface area (Å²) in [5.41, 5.74) is 2.99. The predicted octanol–water partition coefficient (Wildman–Crippen LogP) is 3.84. The third-order valence-electron chi connectivity index (χ3n) is 5.39. The van der Waals surface area contributed by atoms with Crippen LogP contribution >= 0.6 is 0 Å². The van der Waals surface area contributed by atoms with Crippen molar-refractivity contribution in [3.05, 3.63) is 71.3 Å². The lowest BCUT2D eigenvalue weighted by atomic mass is 9.97. The van der Waals surface area contributed by atoms with E-state index in [2.05, 4.69) is 15.1 Å². The zero-order valence-corrected chi connectivity index (χ0v) is 15.5. The van der Waals surface area contributed by atoms with E-state index in [-0.39, 0.29) is 5.69 Å². The highest BCUT2D eigenvalue weighted by molar-refractivity contribution is 5.93. The molecule has 0 aliphatic carbocycles. The molecule has 9 heteroatoms.